The van der Waals surface area contributed by atoms with E-state index in [9.17, 15) is 113 Å². The van der Waals surface area contributed by atoms with E-state index >= 15 is 14.4 Å². The van der Waals surface area contributed by atoms with Crippen molar-refractivity contribution in [3.05, 3.63) is 147 Å². The van der Waals surface area contributed by atoms with Crippen LogP contribution in [0.25, 0.3) is 11.1 Å². The van der Waals surface area contributed by atoms with E-state index in [4.69, 9.17) is 66.8 Å². The highest BCUT2D eigenvalue weighted by atomic mass is 35.5. The Kier molecular flexibility index (Phi) is 30.4. The molecule has 25 N–H and O–H groups in total. The minimum Gasteiger partial charge on any atom is -0.508 e. The van der Waals surface area contributed by atoms with Gasteiger partial charge in [0.2, 0.25) is 53.4 Å². The van der Waals surface area contributed by atoms with Gasteiger partial charge in [-0.2, -0.15) is 0 Å². The molecule has 6 aromatic rings. The Morgan fingerprint density at radius 3 is 1.87 bits per heavy atom. The third-order valence-corrected chi connectivity index (χ3v) is 25.8. The van der Waals surface area contributed by atoms with Crippen LogP contribution in [0, 0.1) is 5.92 Å². The molecule has 48 heteroatoms. The van der Waals surface area contributed by atoms with Crippen LogP contribution in [-0.4, -0.2) is 235 Å². The lowest BCUT2D eigenvalue weighted by molar-refractivity contribution is -0.334. The summed E-state index contributed by atoms with van der Waals surface area (Å²) >= 11 is 14.2. The minimum atomic E-state index is -5.22. The molecular formula is C79H92Cl2N10O34P2. The van der Waals surface area contributed by atoms with E-state index in [1.807, 2.05) is 0 Å². The molecule has 6 aromatic carbocycles. The van der Waals surface area contributed by atoms with Crippen molar-refractivity contribution in [3.63, 3.8) is 0 Å². The Bertz CT molecular complexity index is 5280. The lowest BCUT2D eigenvalue weighted by Crippen LogP contribution is -2.66. The van der Waals surface area contributed by atoms with Crippen LogP contribution in [0.1, 0.15) is 124 Å². The fourth-order valence-electron chi connectivity index (χ4n) is 14.8. The van der Waals surface area contributed by atoms with Crippen LogP contribution < -0.4 is 67.8 Å². The van der Waals surface area contributed by atoms with E-state index in [1.54, 1.807) is 13.8 Å². The SMILES string of the molecule is CN[C@H](CC(C)C)C(=O)N[C@H]1C(=O)N[C@@H](CC(N)=O)C(=O)N[C@H]2C(=O)N[C@H]3C(=O)N[C@H](C(=O)N[C@H](C(=O)O)c4cc(O)cc(O)c4-c4cc3ccc4O)[C@H](O)c3ccc(c(Cl)c3)Oc3cc2cc(c3O[C@@H]2O[C@H](CO)[C@@H](O)[C@H](O)[C@H]2O[C@H]2C[C@](C)(NC(=O)OCc3ccc(NC(=O)OCCCC(P(=O)(O)O)P(=O)(O)O)cc3)[C@H](O)[C@H](C)O2)Oc2ccc(cc2Cl)[C@H]1O. The highest BCUT2D eigenvalue weighted by Crippen LogP contribution is 2.62. The number of hydrogen-bond acceptors (Lipinski definition) is 30. The summed E-state index contributed by atoms with van der Waals surface area (Å²) in [5.41, 5.74) is 1.22. The Labute approximate surface area is 730 Å². The second kappa shape index (κ2) is 40.1. The molecule has 0 aromatic heterocycles. The van der Waals surface area contributed by atoms with Crippen LogP contribution in [0.2, 0.25) is 10.0 Å². The Balaban J connectivity index is 1.01. The number of phenols is 3. The van der Waals surface area contributed by atoms with Gasteiger partial charge in [-0.3, -0.25) is 48.0 Å². The van der Waals surface area contributed by atoms with E-state index in [0.717, 1.165) is 72.8 Å². The van der Waals surface area contributed by atoms with Gasteiger partial charge in [-0.15, -0.1) is 0 Å². The van der Waals surface area contributed by atoms with Gasteiger partial charge in [0.05, 0.1) is 47.4 Å². The van der Waals surface area contributed by atoms with E-state index in [2.05, 4.69) is 47.9 Å². The first-order chi connectivity index (χ1) is 59.7. The quantitative estimate of drug-likeness (QED) is 0.0322. The van der Waals surface area contributed by atoms with Crippen LogP contribution >= 0.6 is 38.4 Å². The second-order valence-electron chi connectivity index (χ2n) is 31.1. The van der Waals surface area contributed by atoms with Crippen LogP contribution in [0.15, 0.2) is 103 Å². The molecule has 7 heterocycles. The molecule has 2 saturated heterocycles. The van der Waals surface area contributed by atoms with Gasteiger partial charge >= 0.3 is 33.3 Å². The Morgan fingerprint density at radius 1 is 0.677 bits per heavy atom. The van der Waals surface area contributed by atoms with E-state index in [0.29, 0.717) is 5.56 Å². The molecule has 44 nitrogen and oxygen atoms in total. The van der Waals surface area contributed by atoms with Crippen molar-refractivity contribution in [2.75, 3.05) is 25.6 Å². The molecule has 0 aliphatic carbocycles. The van der Waals surface area contributed by atoms with Crippen molar-refractivity contribution in [1.82, 2.24) is 42.5 Å². The van der Waals surface area contributed by atoms with Gasteiger partial charge in [-0.05, 0) is 141 Å². The Hall–Kier alpha value is -11.1. The number of aliphatic hydroxyl groups excluding tert-OH is 6. The van der Waals surface area contributed by atoms with Gasteiger partial charge in [0.25, 0.3) is 0 Å². The van der Waals surface area contributed by atoms with Crippen molar-refractivity contribution in [1.29, 1.82) is 0 Å². The summed E-state index contributed by atoms with van der Waals surface area (Å²) in [5.74, 6) is -17.0. The smallest absolute Gasteiger partial charge is 0.411 e. The number of nitrogens with two attached hydrogens (primary N) is 1. The number of amides is 9. The molecule has 9 amide bonds. The minimum absolute atomic E-state index is 0.140. The summed E-state index contributed by atoms with van der Waals surface area (Å²) in [4.78, 5) is 182. The maximum absolute atomic E-state index is 16.2. The molecule has 7 aliphatic heterocycles. The maximum Gasteiger partial charge on any atom is 0.411 e. The third kappa shape index (κ3) is 22.7. The standard InChI is InChI=1S/C79H92Cl2N10O34P2/c1-31(2)19-44(83-5)69(102)89-60-62(97)35-11-16-48(42(80)21-35)121-50-23-37-24-51(66(50)125-76-67(65(100)64(99)52(29-92)123-76)124-54-28-79(4,68(101)32(3)120-54)91-78(111)119-30-33-8-13-38(14-9-33)84-77(110)118-18-6-7-55(126(112,113)114)127(115,116)117)122-49-17-12-36(22-43(49)81)63(98)61-74(107)88-59(75(108)109)41-25-39(93)26-47(95)56(41)40-20-34(10-15-46(40)94)57(71(104)90-61)87-72(105)58(37)86-70(103)45(27-53(82)96)85-73(60)106/h8-17,20-26,31-32,44-45,52,54-55,57-65,67-68,76,83,92-95,97-101H,6-7,18-19,27-30H2,1-5H3,(H2,82,96)(H,84,110)(H,85,106)(H,86,103)(H,87,105)(H,88,107)(H,89,102)(H,90,104)(H,91,111)(H,108,109)(H2,112,113,114)(H2,115,116,117)/t32-,44+,45-,52+,54-,57+,58+,59-,60+,61-,62+,63+,64+,65-,67+,68+,76-,79-/m0/s1. The predicted molar refractivity (Wildman–Crippen MR) is 437 cm³/mol. The summed E-state index contributed by atoms with van der Waals surface area (Å²) < 4.78 is 72.7. The number of aromatic hydroxyl groups is 3. The molecule has 0 unspecified atom stereocenters. The molecular weight excluding hydrogens is 1770 g/mol. The second-order valence-corrected chi connectivity index (χ2v) is 35.9. The molecule has 2 fully saturated rings. The summed E-state index contributed by atoms with van der Waals surface area (Å²) in [6.07, 6.45) is -24.1. The highest BCUT2D eigenvalue weighted by molar-refractivity contribution is 7.70. The van der Waals surface area contributed by atoms with Gasteiger partial charge < -0.3 is 157 Å². The summed E-state index contributed by atoms with van der Waals surface area (Å²) in [5, 5.41) is 135. The molecule has 0 radical (unpaired) electrons. The fourth-order valence-corrected chi connectivity index (χ4v) is 17.9. The van der Waals surface area contributed by atoms with Gasteiger partial charge in [0, 0.05) is 34.9 Å². The number of aliphatic hydroxyl groups is 6. The molecule has 0 spiro atoms. The summed E-state index contributed by atoms with van der Waals surface area (Å²) in [6.45, 7) is 4.29. The molecule has 18 atom stereocenters. The largest absolute Gasteiger partial charge is 0.508 e. The lowest BCUT2D eigenvalue weighted by Gasteiger charge is -2.48. The number of benzene rings is 6. The number of anilines is 1. The third-order valence-electron chi connectivity index (χ3n) is 21.3. The fraction of sp³-hybridized carbons (Fsp3) is 0.418. The number of primary amides is 1. The molecule has 11 bridgehead atoms. The number of likely N-dealkylation sites (N-methyl/N-ethyl adjacent to an activating group) is 1. The van der Waals surface area contributed by atoms with Crippen LogP contribution in [0.5, 0.6) is 46.0 Å². The molecule has 127 heavy (non-hydrogen) atoms. The van der Waals surface area contributed by atoms with Crippen LogP contribution in [0.4, 0.5) is 15.3 Å². The number of carbonyl (C=O) groups is 10. The van der Waals surface area contributed by atoms with E-state index in [1.165, 1.54) is 51.2 Å². The molecule has 686 valence electrons. The number of carboxylic acids is 1. The van der Waals surface area contributed by atoms with Crippen LogP contribution in [-0.2, 0) is 77.8 Å². The number of hydrogen-bond donors (Lipinski definition) is 24. The topological polar surface area (TPSA) is 696 Å². The van der Waals surface area contributed by atoms with Crippen molar-refractivity contribution < 1.29 is 166 Å². The zero-order chi connectivity index (χ0) is 92.9. The number of rotatable bonds is 23. The number of carbonyl (C=O) groups excluding carboxylic acids is 9. The average Bonchev–Trinajstić information content (AvgIpc) is 0.765. The summed E-state index contributed by atoms with van der Waals surface area (Å²) in [6, 6.07) is 3.87. The number of fused-ring (bicyclic) bond motifs is 15. The zero-order valence-corrected chi connectivity index (χ0v) is 70.9. The molecule has 7 aliphatic rings. The first kappa shape index (κ1) is 96.5. The highest BCUT2D eigenvalue weighted by Gasteiger charge is 2.53. The van der Waals surface area contributed by atoms with Crippen molar-refractivity contribution >= 4 is 104 Å². The summed E-state index contributed by atoms with van der Waals surface area (Å²) in [7, 11) is -9.00. The zero-order valence-electron chi connectivity index (χ0n) is 67.6. The lowest BCUT2D eigenvalue weighted by atomic mass is 9.85. The Morgan fingerprint density at radius 2 is 1.28 bits per heavy atom. The van der Waals surface area contributed by atoms with E-state index < -0.39 is 312 Å². The first-order valence-electron chi connectivity index (χ1n) is 39.0. The number of nitrogens with one attached hydrogen (secondary N) is 9. The van der Waals surface area contributed by atoms with Gasteiger partial charge in [0.15, 0.2) is 35.3 Å². The number of phenolic OH excluding ortho intramolecular Hbond substituents is 3. The number of halogens is 2. The number of alkyl carbamates (subject to hydrolysis) is 1. The predicted octanol–water partition coefficient (Wildman–Crippen LogP) is 2.08. The molecule has 13 rings (SSSR count). The van der Waals surface area contributed by atoms with Gasteiger partial charge in [-0.1, -0.05) is 67.4 Å². The maximum atomic E-state index is 16.2. The van der Waals surface area contributed by atoms with Crippen LogP contribution in [0.3, 0.4) is 0 Å². The number of carboxylic acid groups (broad SMARTS) is 1. The van der Waals surface area contributed by atoms with E-state index in [-0.39, 0.29) is 35.6 Å². The first-order valence-corrected chi connectivity index (χ1v) is 43.1. The van der Waals surface area contributed by atoms with Crippen molar-refractivity contribution in [2.45, 2.75) is 181 Å². The van der Waals surface area contributed by atoms with Crippen molar-refractivity contribution in [3.8, 4) is 57.1 Å². The number of ether oxygens (including phenoxy) is 8. The number of aliphatic carboxylic acids is 1. The van der Waals surface area contributed by atoms with Gasteiger partial charge in [-0.25, -0.2) is 14.4 Å². The van der Waals surface area contributed by atoms with Gasteiger partial charge in [0.1, 0.15) is 102 Å². The average molecular weight is 1860 g/mol. The van der Waals surface area contributed by atoms with Crippen molar-refractivity contribution in [2.24, 2.45) is 11.7 Å². The molecule has 0 saturated carbocycles. The normalized spacial score (nSPS) is 26.0. The monoisotopic (exact) mass is 1860 g/mol.